The van der Waals surface area contributed by atoms with Crippen LogP contribution in [-0.4, -0.2) is 9.97 Å². The molecule has 0 saturated heterocycles. The molecule has 2 N–H and O–H groups in total. The third-order valence-corrected chi connectivity index (χ3v) is 3.33. The topological polar surface area (TPSA) is 51.8 Å². The summed E-state index contributed by atoms with van der Waals surface area (Å²) in [5, 5.41) is 0. The second kappa shape index (κ2) is 4.65. The summed E-state index contributed by atoms with van der Waals surface area (Å²) in [6, 6.07) is 6.38. The molecule has 0 amide bonds. The van der Waals surface area contributed by atoms with E-state index in [-0.39, 0.29) is 5.41 Å². The molecule has 3 heteroatoms. The van der Waals surface area contributed by atoms with Crippen LogP contribution in [0.25, 0.3) is 11.3 Å². The lowest BCUT2D eigenvalue weighted by atomic mass is 9.83. The van der Waals surface area contributed by atoms with Crippen LogP contribution in [0.2, 0.25) is 0 Å². The highest BCUT2D eigenvalue weighted by Gasteiger charge is 2.17. The maximum Gasteiger partial charge on any atom is 0.220 e. The molecule has 0 bridgehead atoms. The Morgan fingerprint density at radius 2 is 1.63 bits per heavy atom. The molecule has 2 aromatic rings. The summed E-state index contributed by atoms with van der Waals surface area (Å²) in [5.74, 6) is 0.316. The van der Waals surface area contributed by atoms with Crippen LogP contribution in [0.4, 0.5) is 5.95 Å². The molecule has 1 aromatic carbocycles. The van der Waals surface area contributed by atoms with Gasteiger partial charge in [0.05, 0.1) is 5.69 Å². The first-order valence-corrected chi connectivity index (χ1v) is 6.49. The van der Waals surface area contributed by atoms with Gasteiger partial charge in [0.25, 0.3) is 0 Å². The van der Waals surface area contributed by atoms with E-state index < -0.39 is 0 Å². The minimum Gasteiger partial charge on any atom is -0.368 e. The molecule has 100 valence electrons. The van der Waals surface area contributed by atoms with Gasteiger partial charge < -0.3 is 5.73 Å². The highest BCUT2D eigenvalue weighted by Crippen LogP contribution is 2.31. The molecular formula is C16H21N3. The van der Waals surface area contributed by atoms with Crippen LogP contribution in [0.1, 0.15) is 37.5 Å². The molecule has 0 fully saturated rings. The van der Waals surface area contributed by atoms with E-state index in [2.05, 4.69) is 56.7 Å². The molecule has 1 heterocycles. The van der Waals surface area contributed by atoms with E-state index in [0.29, 0.717) is 5.95 Å². The normalized spacial score (nSPS) is 11.6. The SMILES string of the molecule is Cc1cc(C(C)(C)C)cc(C)c1-c1ccnc(N)n1. The predicted octanol–water partition coefficient (Wildman–Crippen LogP) is 3.64. The lowest BCUT2D eigenvalue weighted by molar-refractivity contribution is 0.589. The highest BCUT2D eigenvalue weighted by molar-refractivity contribution is 5.68. The van der Waals surface area contributed by atoms with E-state index in [9.17, 15) is 0 Å². The zero-order valence-corrected chi connectivity index (χ0v) is 12.3. The van der Waals surface area contributed by atoms with E-state index in [1.165, 1.54) is 16.7 Å². The summed E-state index contributed by atoms with van der Waals surface area (Å²) in [6.45, 7) is 10.9. The first-order valence-electron chi connectivity index (χ1n) is 6.49. The molecule has 19 heavy (non-hydrogen) atoms. The fourth-order valence-corrected chi connectivity index (χ4v) is 2.31. The van der Waals surface area contributed by atoms with E-state index in [4.69, 9.17) is 5.73 Å². The van der Waals surface area contributed by atoms with E-state index in [1.807, 2.05) is 6.07 Å². The minimum atomic E-state index is 0.152. The van der Waals surface area contributed by atoms with Crippen molar-refractivity contribution in [3.63, 3.8) is 0 Å². The molecule has 0 aliphatic carbocycles. The zero-order chi connectivity index (χ0) is 14.2. The monoisotopic (exact) mass is 255 g/mol. The molecule has 1 aromatic heterocycles. The van der Waals surface area contributed by atoms with Crippen molar-refractivity contribution < 1.29 is 0 Å². The largest absolute Gasteiger partial charge is 0.368 e. The highest BCUT2D eigenvalue weighted by atomic mass is 15.0. The Hall–Kier alpha value is -1.90. The van der Waals surface area contributed by atoms with Gasteiger partial charge in [-0.25, -0.2) is 9.97 Å². The van der Waals surface area contributed by atoms with Crippen LogP contribution in [0.5, 0.6) is 0 Å². The van der Waals surface area contributed by atoms with Crippen LogP contribution in [-0.2, 0) is 5.41 Å². The first kappa shape index (κ1) is 13.5. The van der Waals surface area contributed by atoms with Crippen molar-refractivity contribution >= 4 is 5.95 Å². The molecule has 0 saturated carbocycles. The third kappa shape index (κ3) is 2.75. The number of nitrogens with zero attached hydrogens (tertiary/aromatic N) is 2. The maximum atomic E-state index is 5.67. The quantitative estimate of drug-likeness (QED) is 0.846. The molecule has 0 atom stereocenters. The molecule has 0 spiro atoms. The van der Waals surface area contributed by atoms with Crippen LogP contribution >= 0.6 is 0 Å². The average Bonchev–Trinajstić information content (AvgIpc) is 2.26. The van der Waals surface area contributed by atoms with E-state index in [1.54, 1.807) is 6.20 Å². The van der Waals surface area contributed by atoms with Gasteiger partial charge in [-0.15, -0.1) is 0 Å². The Morgan fingerprint density at radius 3 is 2.11 bits per heavy atom. The minimum absolute atomic E-state index is 0.152. The standard InChI is InChI=1S/C16H21N3/c1-10-8-12(16(3,4)5)9-11(2)14(10)13-6-7-18-15(17)19-13/h6-9H,1-5H3,(H2,17,18,19). The molecule has 0 aliphatic rings. The summed E-state index contributed by atoms with van der Waals surface area (Å²) < 4.78 is 0. The average molecular weight is 255 g/mol. The molecule has 3 nitrogen and oxygen atoms in total. The van der Waals surface area contributed by atoms with Gasteiger partial charge in [0.2, 0.25) is 5.95 Å². The van der Waals surface area contributed by atoms with Gasteiger partial charge in [-0.1, -0.05) is 32.9 Å². The Balaban J connectivity index is 2.60. The number of hydrogen-bond donors (Lipinski definition) is 1. The number of nitrogens with two attached hydrogens (primary N) is 1. The summed E-state index contributed by atoms with van der Waals surface area (Å²) >= 11 is 0. The Labute approximate surface area is 114 Å². The smallest absolute Gasteiger partial charge is 0.220 e. The van der Waals surface area contributed by atoms with Crippen molar-refractivity contribution in [2.75, 3.05) is 5.73 Å². The van der Waals surface area contributed by atoms with Crippen molar-refractivity contribution in [2.24, 2.45) is 0 Å². The first-order chi connectivity index (χ1) is 8.79. The number of rotatable bonds is 1. The van der Waals surface area contributed by atoms with Crippen molar-refractivity contribution in [1.29, 1.82) is 0 Å². The van der Waals surface area contributed by atoms with E-state index >= 15 is 0 Å². The summed E-state index contributed by atoms with van der Waals surface area (Å²) in [6.07, 6.45) is 1.70. The number of nitrogen functional groups attached to an aromatic ring is 1. The van der Waals surface area contributed by atoms with Gasteiger partial charge in [0.1, 0.15) is 0 Å². The van der Waals surface area contributed by atoms with Crippen molar-refractivity contribution in [3.8, 4) is 11.3 Å². The second-order valence-corrected chi connectivity index (χ2v) is 6.04. The van der Waals surface area contributed by atoms with E-state index in [0.717, 1.165) is 11.3 Å². The fraction of sp³-hybridized carbons (Fsp3) is 0.375. The molecule has 2 rings (SSSR count). The van der Waals surface area contributed by atoms with Gasteiger partial charge in [-0.05, 0) is 42.0 Å². The number of anilines is 1. The lowest BCUT2D eigenvalue weighted by Crippen LogP contribution is -2.12. The van der Waals surface area contributed by atoms with Crippen LogP contribution in [0.3, 0.4) is 0 Å². The van der Waals surface area contributed by atoms with Gasteiger partial charge >= 0.3 is 0 Å². The summed E-state index contributed by atoms with van der Waals surface area (Å²) in [4.78, 5) is 8.27. The van der Waals surface area contributed by atoms with Gasteiger partial charge in [-0.2, -0.15) is 0 Å². The van der Waals surface area contributed by atoms with Crippen molar-refractivity contribution in [1.82, 2.24) is 9.97 Å². The fourth-order valence-electron chi connectivity index (χ4n) is 2.31. The Bertz CT molecular complexity index is 587. The van der Waals surface area contributed by atoms with Gasteiger partial charge in [-0.3, -0.25) is 0 Å². The Kier molecular flexibility index (Phi) is 3.31. The van der Waals surface area contributed by atoms with Crippen molar-refractivity contribution in [3.05, 3.63) is 41.1 Å². The van der Waals surface area contributed by atoms with Crippen LogP contribution in [0, 0.1) is 13.8 Å². The molecule has 0 radical (unpaired) electrons. The number of benzene rings is 1. The maximum absolute atomic E-state index is 5.67. The third-order valence-electron chi connectivity index (χ3n) is 3.33. The summed E-state index contributed by atoms with van der Waals surface area (Å²) in [7, 11) is 0. The number of hydrogen-bond acceptors (Lipinski definition) is 3. The predicted molar refractivity (Wildman–Crippen MR) is 80.1 cm³/mol. The number of aryl methyl sites for hydroxylation is 2. The van der Waals surface area contributed by atoms with Crippen molar-refractivity contribution in [2.45, 2.75) is 40.0 Å². The Morgan fingerprint density at radius 1 is 1.05 bits per heavy atom. The molecule has 0 aliphatic heterocycles. The molecule has 0 unspecified atom stereocenters. The summed E-state index contributed by atoms with van der Waals surface area (Å²) in [5.41, 5.74) is 11.7. The van der Waals surface area contributed by atoms with Gasteiger partial charge in [0, 0.05) is 11.8 Å². The lowest BCUT2D eigenvalue weighted by Gasteiger charge is -2.22. The second-order valence-electron chi connectivity index (χ2n) is 6.04. The van der Waals surface area contributed by atoms with Crippen LogP contribution < -0.4 is 5.73 Å². The number of aromatic nitrogens is 2. The van der Waals surface area contributed by atoms with Gasteiger partial charge in [0.15, 0.2) is 0 Å². The van der Waals surface area contributed by atoms with Crippen LogP contribution in [0.15, 0.2) is 24.4 Å². The zero-order valence-electron chi connectivity index (χ0n) is 12.3. The molecular weight excluding hydrogens is 234 g/mol.